The Hall–Kier alpha value is -2.81. The van der Waals surface area contributed by atoms with Gasteiger partial charge in [-0.15, -0.1) is 0 Å². The monoisotopic (exact) mass is 544 g/mol. The number of thioether (sulfide) groups is 1. The summed E-state index contributed by atoms with van der Waals surface area (Å²) in [5.74, 6) is -0.142. The van der Waals surface area contributed by atoms with E-state index < -0.39 is 5.97 Å². The van der Waals surface area contributed by atoms with E-state index >= 15 is 0 Å². The molecule has 6 nitrogen and oxygen atoms in total. The lowest BCUT2D eigenvalue weighted by atomic mass is 10.0. The molecule has 0 atom stereocenters. The molecule has 4 rings (SSSR count). The number of amides is 1. The molecule has 0 aliphatic carbocycles. The molecule has 2 aromatic carbocycles. The summed E-state index contributed by atoms with van der Waals surface area (Å²) in [5, 5.41) is 10.4. The molecule has 168 valence electrons. The Labute approximate surface area is 208 Å². The zero-order chi connectivity index (χ0) is 23.7. The van der Waals surface area contributed by atoms with E-state index in [9.17, 15) is 14.7 Å². The molecule has 2 heterocycles. The van der Waals surface area contributed by atoms with Gasteiger partial charge in [-0.1, -0.05) is 17.7 Å². The van der Waals surface area contributed by atoms with Crippen molar-refractivity contribution in [3.8, 4) is 11.3 Å². The average molecular weight is 546 g/mol. The van der Waals surface area contributed by atoms with Gasteiger partial charge >= 0.3 is 5.97 Å². The minimum Gasteiger partial charge on any atom is -0.478 e. The molecule has 1 saturated heterocycles. The number of benzene rings is 2. The predicted molar refractivity (Wildman–Crippen MR) is 135 cm³/mol. The number of likely N-dealkylation sites (N-methyl/N-ethyl adjacent to an activating group) is 1. The first-order valence-corrected chi connectivity index (χ1v) is 11.9. The summed E-state index contributed by atoms with van der Waals surface area (Å²) in [6.07, 6.45) is 1.67. The van der Waals surface area contributed by atoms with Crippen molar-refractivity contribution in [2.75, 3.05) is 6.54 Å². The number of carbonyl (C=O) groups excluding carboxylic acids is 1. The average Bonchev–Trinajstić information content (AvgIpc) is 3.35. The highest BCUT2D eigenvalue weighted by molar-refractivity contribution is 9.10. The highest BCUT2D eigenvalue weighted by Gasteiger charge is 2.32. The maximum absolute atomic E-state index is 12.9. The lowest BCUT2D eigenvalue weighted by Gasteiger charge is -2.12. The van der Waals surface area contributed by atoms with Gasteiger partial charge in [0.05, 0.1) is 21.2 Å². The summed E-state index contributed by atoms with van der Waals surface area (Å²) < 4.78 is 6.70. The predicted octanol–water partition coefficient (Wildman–Crippen LogP) is 6.99. The molecular weight excluding hydrogens is 528 g/mol. The van der Waals surface area contributed by atoms with Crippen LogP contribution in [0.4, 0.5) is 5.69 Å². The molecule has 0 unspecified atom stereocenters. The standard InChI is InChI=1S/C24H18BrClN2O4S/c1-3-28-22(29)21(33-24(28)27-15-6-8-18(25)19(26)11-15)12-16-7-9-20(32-16)17-10-14(23(30)31)5-4-13(17)2/h4-12H,3H2,1-2H3,(H,30,31)/b21-12-,27-24?. The molecule has 0 saturated carbocycles. The molecule has 0 bridgehead atoms. The molecule has 1 aromatic heterocycles. The van der Waals surface area contributed by atoms with Crippen molar-refractivity contribution < 1.29 is 19.1 Å². The molecule has 0 spiro atoms. The fraction of sp³-hybridized carbons (Fsp3) is 0.125. The van der Waals surface area contributed by atoms with Gasteiger partial charge in [0.2, 0.25) is 0 Å². The summed E-state index contributed by atoms with van der Waals surface area (Å²) in [4.78, 5) is 30.9. The molecule has 1 aliphatic rings. The minimum atomic E-state index is -1.00. The SMILES string of the molecule is CCN1C(=O)/C(=C/c2ccc(-c3cc(C(=O)O)ccc3C)o2)SC1=Nc1ccc(Br)c(Cl)c1. The summed E-state index contributed by atoms with van der Waals surface area (Å²) >= 11 is 10.8. The van der Waals surface area contributed by atoms with E-state index in [0.29, 0.717) is 44.4 Å². The Morgan fingerprint density at radius 1 is 1.24 bits per heavy atom. The zero-order valence-electron chi connectivity index (χ0n) is 17.6. The molecule has 3 aromatic rings. The molecular formula is C24H18BrClN2O4S. The van der Waals surface area contributed by atoms with Gasteiger partial charge in [0.25, 0.3) is 5.91 Å². The number of furan rings is 1. The second-order valence-corrected chi connectivity index (χ2v) is 9.46. The van der Waals surface area contributed by atoms with Crippen LogP contribution in [0.3, 0.4) is 0 Å². The fourth-order valence-corrected chi connectivity index (χ4v) is 4.72. The largest absolute Gasteiger partial charge is 0.478 e. The number of rotatable bonds is 5. The van der Waals surface area contributed by atoms with Gasteiger partial charge in [-0.05, 0) is 89.6 Å². The number of carboxylic acids is 1. The van der Waals surface area contributed by atoms with Crippen LogP contribution in [0.1, 0.15) is 28.6 Å². The summed E-state index contributed by atoms with van der Waals surface area (Å²) in [7, 11) is 0. The first-order valence-electron chi connectivity index (χ1n) is 9.96. The van der Waals surface area contributed by atoms with Crippen LogP contribution < -0.4 is 0 Å². The lowest BCUT2D eigenvalue weighted by molar-refractivity contribution is -0.122. The summed E-state index contributed by atoms with van der Waals surface area (Å²) in [6, 6.07) is 13.7. The van der Waals surface area contributed by atoms with E-state index in [1.807, 2.05) is 26.0 Å². The van der Waals surface area contributed by atoms with Gasteiger partial charge < -0.3 is 9.52 Å². The number of aliphatic imine (C=N–C) groups is 1. The van der Waals surface area contributed by atoms with E-state index in [0.717, 1.165) is 10.0 Å². The molecule has 1 amide bonds. The first-order chi connectivity index (χ1) is 15.8. The maximum Gasteiger partial charge on any atom is 0.335 e. The van der Waals surface area contributed by atoms with Crippen LogP contribution in [-0.4, -0.2) is 33.6 Å². The third-order valence-corrected chi connectivity index (χ3v) is 7.22. The van der Waals surface area contributed by atoms with Crippen LogP contribution in [0.25, 0.3) is 17.4 Å². The van der Waals surface area contributed by atoms with Crippen LogP contribution in [0.2, 0.25) is 5.02 Å². The molecule has 1 fully saturated rings. The number of halogens is 2. The molecule has 1 N–H and O–H groups in total. The number of hydrogen-bond donors (Lipinski definition) is 1. The van der Waals surface area contributed by atoms with Gasteiger partial charge in [0.1, 0.15) is 11.5 Å². The highest BCUT2D eigenvalue weighted by Crippen LogP contribution is 2.36. The van der Waals surface area contributed by atoms with E-state index in [-0.39, 0.29) is 11.5 Å². The van der Waals surface area contributed by atoms with Crippen molar-refractivity contribution in [2.24, 2.45) is 4.99 Å². The summed E-state index contributed by atoms with van der Waals surface area (Å²) in [5.41, 5.74) is 2.40. The van der Waals surface area contributed by atoms with Crippen LogP contribution in [0.5, 0.6) is 0 Å². The van der Waals surface area contributed by atoms with Crippen LogP contribution in [0, 0.1) is 6.92 Å². The Morgan fingerprint density at radius 3 is 2.73 bits per heavy atom. The van der Waals surface area contributed by atoms with E-state index in [2.05, 4.69) is 20.9 Å². The molecule has 33 heavy (non-hydrogen) atoms. The van der Waals surface area contributed by atoms with Crippen LogP contribution >= 0.6 is 39.3 Å². The van der Waals surface area contributed by atoms with Crippen molar-refractivity contribution >= 4 is 68.1 Å². The van der Waals surface area contributed by atoms with E-state index in [1.54, 1.807) is 47.4 Å². The van der Waals surface area contributed by atoms with Crippen molar-refractivity contribution in [3.05, 3.63) is 79.8 Å². The Morgan fingerprint density at radius 2 is 2.03 bits per heavy atom. The van der Waals surface area contributed by atoms with Gasteiger partial charge in [0, 0.05) is 22.7 Å². The van der Waals surface area contributed by atoms with Crippen LogP contribution in [-0.2, 0) is 4.79 Å². The Balaban J connectivity index is 1.64. The number of carbonyl (C=O) groups is 2. The second-order valence-electron chi connectivity index (χ2n) is 7.19. The smallest absolute Gasteiger partial charge is 0.335 e. The normalized spacial score (nSPS) is 16.2. The van der Waals surface area contributed by atoms with Crippen molar-refractivity contribution in [1.29, 1.82) is 0 Å². The number of hydrogen-bond acceptors (Lipinski definition) is 5. The number of nitrogens with zero attached hydrogens (tertiary/aromatic N) is 2. The van der Waals surface area contributed by atoms with Crippen molar-refractivity contribution in [2.45, 2.75) is 13.8 Å². The Kier molecular flexibility index (Phi) is 6.78. The van der Waals surface area contributed by atoms with Gasteiger partial charge in [-0.3, -0.25) is 9.69 Å². The number of aromatic carboxylic acids is 1. The van der Waals surface area contributed by atoms with Gasteiger partial charge in [0.15, 0.2) is 5.17 Å². The third-order valence-electron chi connectivity index (χ3n) is 4.98. The first kappa shape index (κ1) is 23.4. The number of carboxylic acid groups (broad SMARTS) is 1. The number of aryl methyl sites for hydroxylation is 1. The van der Waals surface area contributed by atoms with Gasteiger partial charge in [-0.2, -0.15) is 0 Å². The second kappa shape index (κ2) is 9.59. The van der Waals surface area contributed by atoms with E-state index in [4.69, 9.17) is 16.0 Å². The number of amidine groups is 1. The quantitative estimate of drug-likeness (QED) is 0.349. The van der Waals surface area contributed by atoms with Crippen molar-refractivity contribution in [3.63, 3.8) is 0 Å². The molecule has 0 radical (unpaired) electrons. The van der Waals surface area contributed by atoms with E-state index in [1.165, 1.54) is 11.8 Å². The molecule has 1 aliphatic heterocycles. The summed E-state index contributed by atoms with van der Waals surface area (Å²) in [6.45, 7) is 4.24. The third kappa shape index (κ3) is 4.93. The Bertz CT molecular complexity index is 1330. The highest BCUT2D eigenvalue weighted by atomic mass is 79.9. The van der Waals surface area contributed by atoms with Crippen molar-refractivity contribution in [1.82, 2.24) is 4.90 Å². The van der Waals surface area contributed by atoms with Crippen LogP contribution in [0.15, 0.2) is 67.3 Å². The zero-order valence-corrected chi connectivity index (χ0v) is 20.8. The van der Waals surface area contributed by atoms with Gasteiger partial charge in [-0.25, -0.2) is 9.79 Å². The lowest BCUT2D eigenvalue weighted by Crippen LogP contribution is -2.28. The topological polar surface area (TPSA) is 83.1 Å². The minimum absolute atomic E-state index is 0.161. The fourth-order valence-electron chi connectivity index (χ4n) is 3.26. The maximum atomic E-state index is 12.9. The molecule has 9 heteroatoms.